The lowest BCUT2D eigenvalue weighted by Gasteiger charge is -2.11. The Balaban J connectivity index is 1.33. The molecule has 3 aromatic rings. The normalized spacial score (nSPS) is 15.8. The largest absolute Gasteiger partial charge is 0.457 e. The van der Waals surface area contributed by atoms with Crippen molar-refractivity contribution in [2.24, 2.45) is 0 Å². The van der Waals surface area contributed by atoms with Gasteiger partial charge in [-0.25, -0.2) is 4.98 Å². The fraction of sp³-hybridized carbons (Fsp3) is 0.182. The van der Waals surface area contributed by atoms with Crippen molar-refractivity contribution in [1.82, 2.24) is 4.98 Å². The Labute approximate surface area is 163 Å². The van der Waals surface area contributed by atoms with E-state index in [1.807, 2.05) is 66.7 Å². The molecule has 0 saturated carbocycles. The minimum atomic E-state index is -0.352. The molecule has 6 heteroatoms. The van der Waals surface area contributed by atoms with Crippen LogP contribution in [0.5, 0.6) is 11.5 Å². The number of benzene rings is 2. The SMILES string of the molecule is O=C(Nc1ccc(Nc2ccc(Oc3ccccc3)cc2)nc1)C1CCCO1. The highest BCUT2D eigenvalue weighted by Crippen LogP contribution is 2.24. The molecule has 0 radical (unpaired) electrons. The number of rotatable bonds is 6. The molecule has 1 amide bonds. The fourth-order valence-electron chi connectivity index (χ4n) is 2.93. The van der Waals surface area contributed by atoms with Gasteiger partial charge in [0.1, 0.15) is 23.4 Å². The smallest absolute Gasteiger partial charge is 0.253 e. The van der Waals surface area contributed by atoms with E-state index in [1.54, 1.807) is 6.20 Å². The maximum atomic E-state index is 12.1. The average Bonchev–Trinajstić information content (AvgIpc) is 3.27. The van der Waals surface area contributed by atoms with E-state index < -0.39 is 0 Å². The zero-order chi connectivity index (χ0) is 19.2. The molecule has 1 aliphatic heterocycles. The van der Waals surface area contributed by atoms with Gasteiger partial charge in [-0.3, -0.25) is 4.79 Å². The lowest BCUT2D eigenvalue weighted by molar-refractivity contribution is -0.124. The first-order valence-electron chi connectivity index (χ1n) is 9.25. The maximum Gasteiger partial charge on any atom is 0.253 e. The van der Waals surface area contributed by atoms with E-state index in [0.29, 0.717) is 18.1 Å². The number of aromatic nitrogens is 1. The number of nitrogens with zero attached hydrogens (tertiary/aromatic N) is 1. The number of hydrogen-bond donors (Lipinski definition) is 2. The summed E-state index contributed by atoms with van der Waals surface area (Å²) in [6, 6.07) is 20.9. The van der Waals surface area contributed by atoms with Crippen LogP contribution in [0.3, 0.4) is 0 Å². The second-order valence-electron chi connectivity index (χ2n) is 6.49. The molecule has 2 heterocycles. The molecule has 0 spiro atoms. The van der Waals surface area contributed by atoms with E-state index in [1.165, 1.54) is 0 Å². The van der Waals surface area contributed by atoms with Crippen LogP contribution >= 0.6 is 0 Å². The lowest BCUT2D eigenvalue weighted by Crippen LogP contribution is -2.26. The van der Waals surface area contributed by atoms with Crippen LogP contribution in [0.1, 0.15) is 12.8 Å². The number of carbonyl (C=O) groups is 1. The molecule has 1 atom stereocenters. The molecule has 1 saturated heterocycles. The Kier molecular flexibility index (Phi) is 5.49. The summed E-state index contributed by atoms with van der Waals surface area (Å²) in [7, 11) is 0. The highest BCUT2D eigenvalue weighted by molar-refractivity contribution is 5.94. The summed E-state index contributed by atoms with van der Waals surface area (Å²) in [5, 5.41) is 6.06. The van der Waals surface area contributed by atoms with Gasteiger partial charge in [0.05, 0.1) is 11.9 Å². The molecule has 28 heavy (non-hydrogen) atoms. The Morgan fingerprint density at radius 1 is 0.964 bits per heavy atom. The molecule has 1 aromatic heterocycles. The van der Waals surface area contributed by atoms with Gasteiger partial charge in [-0.2, -0.15) is 0 Å². The Morgan fingerprint density at radius 3 is 2.39 bits per heavy atom. The minimum absolute atomic E-state index is 0.117. The van der Waals surface area contributed by atoms with Crippen LogP contribution in [0.15, 0.2) is 72.9 Å². The first-order chi connectivity index (χ1) is 13.8. The van der Waals surface area contributed by atoms with Crippen molar-refractivity contribution in [3.63, 3.8) is 0 Å². The molecule has 2 aromatic carbocycles. The number of carbonyl (C=O) groups excluding carboxylic acids is 1. The number of amides is 1. The molecular formula is C22H21N3O3. The summed E-state index contributed by atoms with van der Waals surface area (Å²) in [5.41, 5.74) is 1.54. The van der Waals surface area contributed by atoms with Crippen molar-refractivity contribution in [1.29, 1.82) is 0 Å². The standard InChI is InChI=1S/C22H21N3O3/c26-22(20-7-4-14-27-20)25-17-10-13-21(23-15-17)24-16-8-11-19(12-9-16)28-18-5-2-1-3-6-18/h1-3,5-6,8-13,15,20H,4,7,14H2,(H,23,24)(H,25,26). The predicted molar refractivity (Wildman–Crippen MR) is 108 cm³/mol. The monoisotopic (exact) mass is 375 g/mol. The summed E-state index contributed by atoms with van der Waals surface area (Å²) < 4.78 is 11.2. The summed E-state index contributed by atoms with van der Waals surface area (Å²) in [6.45, 7) is 0.647. The second kappa shape index (κ2) is 8.54. The third-order valence-corrected chi connectivity index (χ3v) is 4.36. The highest BCUT2D eigenvalue weighted by Gasteiger charge is 2.23. The molecule has 6 nitrogen and oxygen atoms in total. The third kappa shape index (κ3) is 4.66. The minimum Gasteiger partial charge on any atom is -0.457 e. The molecule has 1 aliphatic rings. The number of anilines is 3. The van der Waals surface area contributed by atoms with Crippen molar-refractivity contribution in [2.75, 3.05) is 17.2 Å². The van der Waals surface area contributed by atoms with E-state index >= 15 is 0 Å². The second-order valence-corrected chi connectivity index (χ2v) is 6.49. The van der Waals surface area contributed by atoms with E-state index in [-0.39, 0.29) is 12.0 Å². The van der Waals surface area contributed by atoms with E-state index in [2.05, 4.69) is 15.6 Å². The van der Waals surface area contributed by atoms with Gasteiger partial charge in [0.2, 0.25) is 0 Å². The van der Waals surface area contributed by atoms with Crippen molar-refractivity contribution in [2.45, 2.75) is 18.9 Å². The zero-order valence-electron chi connectivity index (χ0n) is 15.3. The Morgan fingerprint density at radius 2 is 1.71 bits per heavy atom. The molecule has 2 N–H and O–H groups in total. The Bertz CT molecular complexity index is 906. The van der Waals surface area contributed by atoms with E-state index in [9.17, 15) is 4.79 Å². The van der Waals surface area contributed by atoms with Gasteiger partial charge in [0, 0.05) is 12.3 Å². The summed E-state index contributed by atoms with van der Waals surface area (Å²) in [5.74, 6) is 2.13. The highest BCUT2D eigenvalue weighted by atomic mass is 16.5. The maximum absolute atomic E-state index is 12.1. The first-order valence-corrected chi connectivity index (χ1v) is 9.25. The van der Waals surface area contributed by atoms with Gasteiger partial charge >= 0.3 is 0 Å². The lowest BCUT2D eigenvalue weighted by atomic mass is 10.2. The van der Waals surface area contributed by atoms with Crippen molar-refractivity contribution in [3.05, 3.63) is 72.9 Å². The van der Waals surface area contributed by atoms with Gasteiger partial charge < -0.3 is 20.1 Å². The van der Waals surface area contributed by atoms with Gasteiger partial charge in [0.25, 0.3) is 5.91 Å². The van der Waals surface area contributed by atoms with Crippen molar-refractivity contribution >= 4 is 23.1 Å². The summed E-state index contributed by atoms with van der Waals surface area (Å²) in [4.78, 5) is 16.4. The zero-order valence-corrected chi connectivity index (χ0v) is 15.3. The average molecular weight is 375 g/mol. The van der Waals surface area contributed by atoms with Crippen LogP contribution in [0.4, 0.5) is 17.2 Å². The van der Waals surface area contributed by atoms with E-state index in [4.69, 9.17) is 9.47 Å². The van der Waals surface area contributed by atoms with Gasteiger partial charge in [-0.1, -0.05) is 18.2 Å². The Hall–Kier alpha value is -3.38. The topological polar surface area (TPSA) is 72.5 Å². The molecule has 1 fully saturated rings. The van der Waals surface area contributed by atoms with Crippen molar-refractivity contribution < 1.29 is 14.3 Å². The number of pyridine rings is 1. The van der Waals surface area contributed by atoms with Crippen LogP contribution in [0, 0.1) is 0 Å². The van der Waals surface area contributed by atoms with Crippen LogP contribution in [0.2, 0.25) is 0 Å². The van der Waals surface area contributed by atoms with Crippen molar-refractivity contribution in [3.8, 4) is 11.5 Å². The first kappa shape index (κ1) is 18.0. The van der Waals surface area contributed by atoms with Gasteiger partial charge in [-0.15, -0.1) is 0 Å². The van der Waals surface area contributed by atoms with Crippen LogP contribution in [0.25, 0.3) is 0 Å². The van der Waals surface area contributed by atoms with Crippen LogP contribution in [-0.4, -0.2) is 23.6 Å². The van der Waals surface area contributed by atoms with Crippen LogP contribution < -0.4 is 15.4 Å². The fourth-order valence-corrected chi connectivity index (χ4v) is 2.93. The predicted octanol–water partition coefficient (Wildman–Crippen LogP) is 4.74. The number of ether oxygens (including phenoxy) is 2. The summed E-state index contributed by atoms with van der Waals surface area (Å²) >= 11 is 0. The number of nitrogens with one attached hydrogen (secondary N) is 2. The van der Waals surface area contributed by atoms with E-state index in [0.717, 1.165) is 30.0 Å². The molecule has 4 rings (SSSR count). The number of hydrogen-bond acceptors (Lipinski definition) is 5. The molecular weight excluding hydrogens is 354 g/mol. The van der Waals surface area contributed by atoms with Gasteiger partial charge in [-0.05, 0) is 61.4 Å². The molecule has 0 aliphatic carbocycles. The quantitative estimate of drug-likeness (QED) is 0.651. The summed E-state index contributed by atoms with van der Waals surface area (Å²) in [6.07, 6.45) is 2.97. The third-order valence-electron chi connectivity index (χ3n) is 4.36. The van der Waals surface area contributed by atoms with Crippen LogP contribution in [-0.2, 0) is 9.53 Å². The molecule has 1 unspecified atom stereocenters. The number of para-hydroxylation sites is 1. The molecule has 0 bridgehead atoms. The van der Waals surface area contributed by atoms with Gasteiger partial charge in [0.15, 0.2) is 0 Å². The molecule has 142 valence electrons.